The molecule has 4 amide bonds. The number of thiophene rings is 1. The first-order chi connectivity index (χ1) is 11.0. The number of urea groups is 1. The van der Waals surface area contributed by atoms with Gasteiger partial charge in [0.05, 0.1) is 0 Å². The van der Waals surface area contributed by atoms with Crippen LogP contribution < -0.4 is 21.7 Å². The average Bonchev–Trinajstić information content (AvgIpc) is 3.01. The molecule has 0 atom stereocenters. The van der Waals surface area contributed by atoms with Crippen LogP contribution in [-0.2, 0) is 4.79 Å². The van der Waals surface area contributed by atoms with E-state index in [2.05, 4.69) is 16.0 Å². The maximum Gasteiger partial charge on any atom is 0.316 e. The van der Waals surface area contributed by atoms with Crippen LogP contribution in [-0.4, -0.2) is 24.4 Å². The zero-order valence-corrected chi connectivity index (χ0v) is 13.0. The number of primary amides is 1. The SMILES string of the molecule is NC(=O)Nc1cccc(NC(=O)CCNC(=O)c2ccsc2)c1. The van der Waals surface area contributed by atoms with Crippen LogP contribution in [0.4, 0.5) is 16.2 Å². The van der Waals surface area contributed by atoms with Crippen LogP contribution in [0.1, 0.15) is 16.8 Å². The summed E-state index contributed by atoms with van der Waals surface area (Å²) >= 11 is 1.44. The van der Waals surface area contributed by atoms with E-state index in [-0.39, 0.29) is 24.8 Å². The number of amides is 4. The highest BCUT2D eigenvalue weighted by atomic mass is 32.1. The van der Waals surface area contributed by atoms with Gasteiger partial charge in [0.1, 0.15) is 0 Å². The van der Waals surface area contributed by atoms with Crippen LogP contribution in [0, 0.1) is 0 Å². The molecule has 0 saturated heterocycles. The lowest BCUT2D eigenvalue weighted by Gasteiger charge is -2.08. The number of carbonyl (C=O) groups is 3. The summed E-state index contributed by atoms with van der Waals surface area (Å²) in [6, 6.07) is 7.66. The molecular formula is C15H16N4O3S. The third-order valence-corrected chi connectivity index (χ3v) is 3.52. The number of nitrogens with two attached hydrogens (primary N) is 1. The fourth-order valence-electron chi connectivity index (χ4n) is 1.83. The Morgan fingerprint density at radius 1 is 1.09 bits per heavy atom. The Balaban J connectivity index is 1.78. The van der Waals surface area contributed by atoms with Gasteiger partial charge in [0.2, 0.25) is 5.91 Å². The van der Waals surface area contributed by atoms with Gasteiger partial charge in [-0.15, -0.1) is 0 Å². The summed E-state index contributed by atoms with van der Waals surface area (Å²) < 4.78 is 0. The van der Waals surface area contributed by atoms with Crippen LogP contribution in [0.3, 0.4) is 0 Å². The third-order valence-electron chi connectivity index (χ3n) is 2.83. The van der Waals surface area contributed by atoms with Crippen LogP contribution in [0.5, 0.6) is 0 Å². The second kappa shape index (κ2) is 7.95. The molecule has 0 aliphatic carbocycles. The molecule has 1 heterocycles. The molecule has 0 unspecified atom stereocenters. The maximum atomic E-state index is 11.8. The van der Waals surface area contributed by atoms with Crippen molar-refractivity contribution in [2.24, 2.45) is 5.73 Å². The molecule has 7 nitrogen and oxygen atoms in total. The van der Waals surface area contributed by atoms with Crippen LogP contribution in [0.25, 0.3) is 0 Å². The van der Waals surface area contributed by atoms with Gasteiger partial charge < -0.3 is 21.7 Å². The molecule has 0 spiro atoms. The van der Waals surface area contributed by atoms with E-state index >= 15 is 0 Å². The van der Waals surface area contributed by atoms with Crippen molar-refractivity contribution >= 4 is 40.6 Å². The summed E-state index contributed by atoms with van der Waals surface area (Å²) in [6.45, 7) is 0.236. The van der Waals surface area contributed by atoms with Gasteiger partial charge in [-0.3, -0.25) is 9.59 Å². The lowest BCUT2D eigenvalue weighted by molar-refractivity contribution is -0.116. The Labute approximate surface area is 136 Å². The standard InChI is InChI=1S/C15H16N4O3S/c16-15(22)19-12-3-1-2-11(8-12)18-13(20)4-6-17-14(21)10-5-7-23-9-10/h1-3,5,7-9H,4,6H2,(H,17,21)(H,18,20)(H3,16,19,22). The highest BCUT2D eigenvalue weighted by molar-refractivity contribution is 7.08. The molecule has 1 aromatic carbocycles. The van der Waals surface area contributed by atoms with E-state index in [1.165, 1.54) is 11.3 Å². The smallest absolute Gasteiger partial charge is 0.316 e. The first kappa shape index (κ1) is 16.5. The summed E-state index contributed by atoms with van der Waals surface area (Å²) in [5, 5.41) is 11.3. The molecule has 0 fully saturated rings. The number of carbonyl (C=O) groups excluding carboxylic acids is 3. The van der Waals surface area contributed by atoms with E-state index in [1.807, 2.05) is 5.38 Å². The first-order valence-corrected chi connectivity index (χ1v) is 7.75. The molecule has 0 bridgehead atoms. The topological polar surface area (TPSA) is 113 Å². The van der Waals surface area contributed by atoms with Crippen molar-refractivity contribution in [3.8, 4) is 0 Å². The van der Waals surface area contributed by atoms with Gasteiger partial charge in [-0.2, -0.15) is 11.3 Å². The Morgan fingerprint density at radius 2 is 1.83 bits per heavy atom. The predicted molar refractivity (Wildman–Crippen MR) is 89.5 cm³/mol. The summed E-state index contributed by atoms with van der Waals surface area (Å²) in [7, 11) is 0. The van der Waals surface area contributed by atoms with E-state index in [9.17, 15) is 14.4 Å². The van der Waals surface area contributed by atoms with E-state index in [0.717, 1.165) is 0 Å². The number of rotatable bonds is 6. The maximum absolute atomic E-state index is 11.8. The molecule has 1 aromatic heterocycles. The second-order valence-corrected chi connectivity index (χ2v) is 5.42. The fourth-order valence-corrected chi connectivity index (χ4v) is 2.46. The molecule has 0 radical (unpaired) electrons. The molecule has 8 heteroatoms. The second-order valence-electron chi connectivity index (χ2n) is 4.64. The number of hydrogen-bond donors (Lipinski definition) is 4. The van der Waals surface area contributed by atoms with Crippen LogP contribution in [0.15, 0.2) is 41.1 Å². The van der Waals surface area contributed by atoms with Gasteiger partial charge >= 0.3 is 6.03 Å². The molecule has 0 saturated carbocycles. The molecule has 2 aromatic rings. The normalized spacial score (nSPS) is 9.91. The number of anilines is 2. The summed E-state index contributed by atoms with van der Waals surface area (Å²) in [5.41, 5.74) is 6.64. The van der Waals surface area contributed by atoms with Crippen molar-refractivity contribution in [1.82, 2.24) is 5.32 Å². The number of hydrogen-bond acceptors (Lipinski definition) is 4. The summed E-state index contributed by atoms with van der Waals surface area (Å²) in [6.07, 6.45) is 0.142. The zero-order chi connectivity index (χ0) is 16.7. The third kappa shape index (κ3) is 5.44. The highest BCUT2D eigenvalue weighted by Gasteiger charge is 2.07. The van der Waals surface area contributed by atoms with Gasteiger partial charge in [0.15, 0.2) is 0 Å². The van der Waals surface area contributed by atoms with Crippen molar-refractivity contribution in [3.05, 3.63) is 46.7 Å². The van der Waals surface area contributed by atoms with E-state index in [0.29, 0.717) is 16.9 Å². The minimum Gasteiger partial charge on any atom is -0.351 e. The Bertz CT molecular complexity index is 701. The molecule has 0 aliphatic rings. The molecular weight excluding hydrogens is 316 g/mol. The van der Waals surface area contributed by atoms with Crippen molar-refractivity contribution in [2.75, 3.05) is 17.2 Å². The van der Waals surface area contributed by atoms with Crippen molar-refractivity contribution in [3.63, 3.8) is 0 Å². The largest absolute Gasteiger partial charge is 0.351 e. The molecule has 0 aliphatic heterocycles. The van der Waals surface area contributed by atoms with Crippen LogP contribution in [0.2, 0.25) is 0 Å². The number of benzene rings is 1. The summed E-state index contributed by atoms with van der Waals surface area (Å²) in [4.78, 5) is 34.3. The monoisotopic (exact) mass is 332 g/mol. The van der Waals surface area contributed by atoms with Gasteiger partial charge in [-0.25, -0.2) is 4.79 Å². The zero-order valence-electron chi connectivity index (χ0n) is 12.2. The van der Waals surface area contributed by atoms with E-state index < -0.39 is 6.03 Å². The van der Waals surface area contributed by atoms with E-state index in [4.69, 9.17) is 5.73 Å². The minimum absolute atomic E-state index is 0.142. The molecule has 5 N–H and O–H groups in total. The van der Waals surface area contributed by atoms with Gasteiger partial charge in [-0.1, -0.05) is 6.07 Å². The van der Waals surface area contributed by atoms with Gasteiger partial charge in [0.25, 0.3) is 5.91 Å². The number of nitrogens with one attached hydrogen (secondary N) is 3. The molecule has 23 heavy (non-hydrogen) atoms. The lowest BCUT2D eigenvalue weighted by atomic mass is 10.2. The average molecular weight is 332 g/mol. The molecule has 2 rings (SSSR count). The first-order valence-electron chi connectivity index (χ1n) is 6.81. The highest BCUT2D eigenvalue weighted by Crippen LogP contribution is 2.15. The van der Waals surface area contributed by atoms with Crippen molar-refractivity contribution in [1.29, 1.82) is 0 Å². The van der Waals surface area contributed by atoms with Crippen LogP contribution >= 0.6 is 11.3 Å². The molecule has 120 valence electrons. The van der Waals surface area contributed by atoms with Crippen molar-refractivity contribution < 1.29 is 14.4 Å². The Hall–Kier alpha value is -2.87. The summed E-state index contributed by atoms with van der Waals surface area (Å²) in [5.74, 6) is -0.446. The quantitative estimate of drug-likeness (QED) is 0.648. The van der Waals surface area contributed by atoms with Crippen molar-refractivity contribution in [2.45, 2.75) is 6.42 Å². The Kier molecular flexibility index (Phi) is 5.70. The van der Waals surface area contributed by atoms with Gasteiger partial charge in [0, 0.05) is 35.3 Å². The minimum atomic E-state index is -0.676. The van der Waals surface area contributed by atoms with E-state index in [1.54, 1.807) is 35.7 Å². The lowest BCUT2D eigenvalue weighted by Crippen LogP contribution is -2.27. The fraction of sp³-hybridized carbons (Fsp3) is 0.133. The Morgan fingerprint density at radius 3 is 2.48 bits per heavy atom. The predicted octanol–water partition coefficient (Wildman–Crippen LogP) is 2.00. The van der Waals surface area contributed by atoms with Gasteiger partial charge in [-0.05, 0) is 29.6 Å².